The summed E-state index contributed by atoms with van der Waals surface area (Å²) in [6.45, 7) is 0.963. The van der Waals surface area contributed by atoms with Gasteiger partial charge in [-0.25, -0.2) is 9.36 Å². The molecule has 0 spiro atoms. The predicted octanol–water partition coefficient (Wildman–Crippen LogP) is 2.77. The summed E-state index contributed by atoms with van der Waals surface area (Å²) in [7, 11) is 7.04. The molecule has 4 rings (SSSR count). The number of nitrogens with zero attached hydrogens (tertiary/aromatic N) is 4. The van der Waals surface area contributed by atoms with Crippen LogP contribution in [0.2, 0.25) is 0 Å². The molecule has 7 nitrogen and oxygen atoms in total. The minimum atomic E-state index is -0.539. The summed E-state index contributed by atoms with van der Waals surface area (Å²) in [5.41, 5.74) is 4.54. The van der Waals surface area contributed by atoms with Gasteiger partial charge in [-0.1, -0.05) is 12.1 Å². The lowest BCUT2D eigenvalue weighted by Gasteiger charge is -2.29. The third-order valence-electron chi connectivity index (χ3n) is 5.80. The number of esters is 1. The van der Waals surface area contributed by atoms with Crippen molar-refractivity contribution in [2.45, 2.75) is 12.8 Å². The number of para-hydroxylation sites is 1. The zero-order chi connectivity index (χ0) is 22.1. The number of carbonyl (C=O) groups excluding carboxylic acids is 1. The Labute approximate surface area is 181 Å². The molecule has 0 aliphatic carbocycles. The maximum Gasteiger partial charge on any atom is 0.359 e. The summed E-state index contributed by atoms with van der Waals surface area (Å²) in [6.07, 6.45) is 3.89. The number of benzene rings is 2. The van der Waals surface area contributed by atoms with Gasteiger partial charge in [-0.2, -0.15) is 5.10 Å². The molecule has 1 aromatic heterocycles. The smallest absolute Gasteiger partial charge is 0.359 e. The minimum Gasteiger partial charge on any atom is -0.506 e. The molecule has 2 aromatic carbocycles. The van der Waals surface area contributed by atoms with Crippen molar-refractivity contribution in [3.8, 4) is 5.75 Å². The van der Waals surface area contributed by atoms with Gasteiger partial charge in [0.25, 0.3) is 0 Å². The van der Waals surface area contributed by atoms with Gasteiger partial charge in [-0.05, 0) is 30.5 Å². The zero-order valence-electron chi connectivity index (χ0n) is 18.3. The van der Waals surface area contributed by atoms with Crippen molar-refractivity contribution in [3.05, 3.63) is 59.8 Å². The number of aryl methyl sites for hydroxylation is 2. The van der Waals surface area contributed by atoms with Crippen LogP contribution in [0.25, 0.3) is 10.9 Å². The number of phenolic OH excluding ortho intramolecular Hbond substituents is 1. The first-order chi connectivity index (χ1) is 14.9. The van der Waals surface area contributed by atoms with Crippen LogP contribution in [0.1, 0.15) is 17.5 Å². The molecule has 31 heavy (non-hydrogen) atoms. The molecule has 7 heteroatoms. The van der Waals surface area contributed by atoms with Crippen LogP contribution < -0.4 is 14.5 Å². The van der Waals surface area contributed by atoms with E-state index in [1.165, 1.54) is 12.1 Å². The van der Waals surface area contributed by atoms with Gasteiger partial charge in [0, 0.05) is 50.1 Å². The molecular weight excluding hydrogens is 392 g/mol. The fourth-order valence-corrected chi connectivity index (χ4v) is 4.13. The van der Waals surface area contributed by atoms with Crippen LogP contribution >= 0.6 is 0 Å². The van der Waals surface area contributed by atoms with Crippen LogP contribution in [-0.4, -0.2) is 44.5 Å². The van der Waals surface area contributed by atoms with E-state index in [0.29, 0.717) is 11.3 Å². The highest BCUT2D eigenvalue weighted by Gasteiger charge is 2.23. The Morgan fingerprint density at radius 3 is 2.81 bits per heavy atom. The molecule has 0 radical (unpaired) electrons. The van der Waals surface area contributed by atoms with E-state index < -0.39 is 5.97 Å². The van der Waals surface area contributed by atoms with Crippen LogP contribution in [-0.2, 0) is 23.0 Å². The second kappa shape index (κ2) is 8.26. The average molecular weight is 420 g/mol. The van der Waals surface area contributed by atoms with Crippen molar-refractivity contribution in [1.82, 2.24) is 0 Å². The summed E-state index contributed by atoms with van der Waals surface area (Å²) in [4.78, 5) is 14.9. The van der Waals surface area contributed by atoms with Gasteiger partial charge in [0.05, 0.1) is 12.5 Å². The fraction of sp³-hybridized carbons (Fsp3) is 0.292. The third kappa shape index (κ3) is 3.79. The number of fused-ring (bicyclic) bond motifs is 2. The van der Waals surface area contributed by atoms with Crippen LogP contribution in [0.3, 0.4) is 0 Å². The van der Waals surface area contributed by atoms with Crippen molar-refractivity contribution < 1.29 is 19.2 Å². The fourth-order valence-electron chi connectivity index (χ4n) is 4.13. The molecule has 1 aliphatic heterocycles. The number of carbonyl (C=O) groups is 1. The van der Waals surface area contributed by atoms with Gasteiger partial charge in [-0.15, -0.1) is 0 Å². The van der Waals surface area contributed by atoms with Crippen LogP contribution in [0.5, 0.6) is 5.75 Å². The normalized spacial score (nSPS) is 13.8. The van der Waals surface area contributed by atoms with Gasteiger partial charge in [-0.3, -0.25) is 5.01 Å². The number of hydrogen-bond donors (Lipinski definition) is 1. The number of phenols is 1. The Balaban J connectivity index is 1.83. The number of anilines is 2. The molecule has 0 bridgehead atoms. The molecule has 0 fully saturated rings. The largest absolute Gasteiger partial charge is 0.506 e. The zero-order valence-corrected chi connectivity index (χ0v) is 18.3. The van der Waals surface area contributed by atoms with Crippen LogP contribution in [0, 0.1) is 0 Å². The van der Waals surface area contributed by atoms with Crippen molar-refractivity contribution in [3.63, 3.8) is 0 Å². The number of pyridine rings is 1. The lowest BCUT2D eigenvalue weighted by molar-refractivity contribution is -0.644. The molecule has 0 atom stereocenters. The Morgan fingerprint density at radius 1 is 1.26 bits per heavy atom. The predicted molar refractivity (Wildman–Crippen MR) is 122 cm³/mol. The Kier molecular flexibility index (Phi) is 5.50. The Bertz CT molecular complexity index is 1190. The highest BCUT2D eigenvalue weighted by Crippen LogP contribution is 2.37. The molecule has 1 N–H and O–H groups in total. The van der Waals surface area contributed by atoms with Gasteiger partial charge >= 0.3 is 5.97 Å². The molecule has 0 unspecified atom stereocenters. The summed E-state index contributed by atoms with van der Waals surface area (Å²) in [5, 5.41) is 17.7. The first-order valence-electron chi connectivity index (χ1n) is 10.3. The van der Waals surface area contributed by atoms with Crippen molar-refractivity contribution in [2.75, 3.05) is 37.7 Å². The molecular formula is C24H27N4O3+. The molecule has 0 amide bonds. The maximum atomic E-state index is 12.7. The Morgan fingerprint density at radius 2 is 2.03 bits per heavy atom. The van der Waals surface area contributed by atoms with Gasteiger partial charge < -0.3 is 14.7 Å². The quantitative estimate of drug-likeness (QED) is 0.305. The summed E-state index contributed by atoms with van der Waals surface area (Å²) < 4.78 is 7.03. The SMILES string of the molecule is COC(=O)/C(=N\N(C)c1cc2c(cc1O)N(C)CCC2)c1cc[n+](C)c2ccccc12. The molecule has 0 saturated carbocycles. The molecule has 2 heterocycles. The standard InChI is InChI=1S/C24H26N4O3/c1-26-12-7-8-16-14-21(22(29)15-20(16)26)28(3)25-23(24(30)31-4)18-11-13-27(2)19-10-6-5-9-17(18)19/h5-6,9-11,13-15H,7-8,12H2,1-4H3/p+1. The highest BCUT2D eigenvalue weighted by molar-refractivity contribution is 6.45. The van der Waals surface area contributed by atoms with Crippen molar-refractivity contribution >= 4 is 34.0 Å². The number of ether oxygens (including phenoxy) is 1. The van der Waals surface area contributed by atoms with Crippen LogP contribution in [0.15, 0.2) is 53.8 Å². The van der Waals surface area contributed by atoms with E-state index in [0.717, 1.165) is 41.5 Å². The van der Waals surface area contributed by atoms with E-state index in [1.54, 1.807) is 13.1 Å². The monoisotopic (exact) mass is 419 g/mol. The molecule has 0 saturated heterocycles. The van der Waals surface area contributed by atoms with Gasteiger partial charge in [0.2, 0.25) is 5.52 Å². The summed E-state index contributed by atoms with van der Waals surface area (Å²) >= 11 is 0. The molecule has 1 aliphatic rings. The minimum absolute atomic E-state index is 0.118. The number of methoxy groups -OCH3 is 1. The summed E-state index contributed by atoms with van der Waals surface area (Å²) in [6, 6.07) is 13.4. The van der Waals surface area contributed by atoms with Gasteiger partial charge in [0.1, 0.15) is 18.5 Å². The summed E-state index contributed by atoms with van der Waals surface area (Å²) in [5.74, 6) is -0.421. The second-order valence-electron chi connectivity index (χ2n) is 7.82. The van der Waals surface area contributed by atoms with E-state index in [9.17, 15) is 9.90 Å². The second-order valence-corrected chi connectivity index (χ2v) is 7.82. The van der Waals surface area contributed by atoms with E-state index in [2.05, 4.69) is 10.0 Å². The highest BCUT2D eigenvalue weighted by atomic mass is 16.5. The first-order valence-corrected chi connectivity index (χ1v) is 10.3. The lowest BCUT2D eigenvalue weighted by Crippen LogP contribution is -2.30. The van der Waals surface area contributed by atoms with Crippen molar-refractivity contribution in [2.24, 2.45) is 12.1 Å². The number of rotatable bonds is 4. The number of aromatic nitrogens is 1. The Hall–Kier alpha value is -3.61. The van der Waals surface area contributed by atoms with Crippen LogP contribution in [0.4, 0.5) is 11.4 Å². The maximum absolute atomic E-state index is 12.7. The molecule has 3 aromatic rings. The van der Waals surface area contributed by atoms with E-state index in [-0.39, 0.29) is 11.5 Å². The van der Waals surface area contributed by atoms with Crippen molar-refractivity contribution in [1.29, 1.82) is 0 Å². The number of hydrazone groups is 1. The van der Waals surface area contributed by atoms with E-state index in [1.807, 2.05) is 61.3 Å². The number of aromatic hydroxyl groups is 1. The van der Waals surface area contributed by atoms with Gasteiger partial charge in [0.15, 0.2) is 11.9 Å². The van der Waals surface area contributed by atoms with E-state index in [4.69, 9.17) is 4.74 Å². The van der Waals surface area contributed by atoms with E-state index >= 15 is 0 Å². The molecule has 160 valence electrons. The third-order valence-corrected chi connectivity index (χ3v) is 5.80. The first kappa shape index (κ1) is 20.7. The average Bonchev–Trinajstić information content (AvgIpc) is 2.78. The lowest BCUT2D eigenvalue weighted by atomic mass is 10.0. The number of hydrogen-bond acceptors (Lipinski definition) is 6. The topological polar surface area (TPSA) is 69.2 Å².